The molecule has 0 amide bonds. The summed E-state index contributed by atoms with van der Waals surface area (Å²) in [6, 6.07) is 10.3. The molecule has 0 saturated carbocycles. The van der Waals surface area contributed by atoms with E-state index in [4.69, 9.17) is 5.73 Å². The lowest BCUT2D eigenvalue weighted by Crippen LogP contribution is -2.06. The van der Waals surface area contributed by atoms with Crippen molar-refractivity contribution >= 4 is 0 Å². The first-order chi connectivity index (χ1) is 7.83. The molecule has 0 radical (unpaired) electrons. The summed E-state index contributed by atoms with van der Waals surface area (Å²) in [5.74, 6) is 0. The van der Waals surface area contributed by atoms with Crippen LogP contribution >= 0.6 is 0 Å². The second-order valence-electron chi connectivity index (χ2n) is 3.88. The number of aryl methyl sites for hydroxylation is 1. The Morgan fingerprint density at radius 1 is 1.25 bits per heavy atom. The maximum absolute atomic E-state index is 5.51. The third-order valence-electron chi connectivity index (χ3n) is 2.75. The van der Waals surface area contributed by atoms with Crippen LogP contribution in [0.2, 0.25) is 0 Å². The van der Waals surface area contributed by atoms with Crippen molar-refractivity contribution in [1.29, 1.82) is 0 Å². The molecule has 0 fully saturated rings. The van der Waals surface area contributed by atoms with E-state index in [-0.39, 0.29) is 0 Å². The summed E-state index contributed by atoms with van der Waals surface area (Å²) in [5, 5.41) is 0. The Bertz CT molecular complexity index is 445. The van der Waals surface area contributed by atoms with Gasteiger partial charge in [0.1, 0.15) is 0 Å². The van der Waals surface area contributed by atoms with E-state index in [0.717, 1.165) is 25.2 Å². The molecule has 2 N–H and O–H groups in total. The molecule has 16 heavy (non-hydrogen) atoms. The van der Waals surface area contributed by atoms with Crippen molar-refractivity contribution in [2.24, 2.45) is 5.73 Å². The van der Waals surface area contributed by atoms with E-state index >= 15 is 0 Å². The van der Waals surface area contributed by atoms with Crippen LogP contribution in [0.1, 0.15) is 12.1 Å². The monoisotopic (exact) mass is 215 g/mol. The van der Waals surface area contributed by atoms with Crippen LogP contribution in [0.15, 0.2) is 36.7 Å². The SMILES string of the molecule is Cc1c(-c2ccccc2)ncn1CCCN. The fourth-order valence-corrected chi connectivity index (χ4v) is 1.81. The number of hydrogen-bond donors (Lipinski definition) is 1. The lowest BCUT2D eigenvalue weighted by molar-refractivity contribution is 0.637. The molecule has 1 aromatic heterocycles. The molecule has 0 aliphatic rings. The van der Waals surface area contributed by atoms with Gasteiger partial charge in [-0.3, -0.25) is 0 Å². The molecular formula is C13H17N3. The lowest BCUT2D eigenvalue weighted by Gasteiger charge is -2.04. The van der Waals surface area contributed by atoms with Crippen molar-refractivity contribution in [3.8, 4) is 11.3 Å². The van der Waals surface area contributed by atoms with E-state index in [2.05, 4.69) is 28.6 Å². The zero-order chi connectivity index (χ0) is 11.4. The smallest absolute Gasteiger partial charge is 0.0955 e. The van der Waals surface area contributed by atoms with Crippen LogP contribution in [0, 0.1) is 6.92 Å². The zero-order valence-corrected chi connectivity index (χ0v) is 9.56. The van der Waals surface area contributed by atoms with E-state index in [0.29, 0.717) is 0 Å². The summed E-state index contributed by atoms with van der Waals surface area (Å²) < 4.78 is 2.16. The van der Waals surface area contributed by atoms with Crippen LogP contribution in [-0.2, 0) is 6.54 Å². The number of rotatable bonds is 4. The van der Waals surface area contributed by atoms with Gasteiger partial charge in [-0.15, -0.1) is 0 Å². The minimum atomic E-state index is 0.721. The van der Waals surface area contributed by atoms with Gasteiger partial charge in [0, 0.05) is 17.8 Å². The molecule has 0 unspecified atom stereocenters. The summed E-state index contributed by atoms with van der Waals surface area (Å²) in [4.78, 5) is 4.46. The standard InChI is InChI=1S/C13H17N3/c1-11-13(12-6-3-2-4-7-12)15-10-16(11)9-5-8-14/h2-4,6-7,10H,5,8-9,14H2,1H3. The van der Waals surface area contributed by atoms with Gasteiger partial charge in [0.05, 0.1) is 12.0 Å². The molecule has 2 rings (SSSR count). The number of hydrogen-bond acceptors (Lipinski definition) is 2. The molecule has 1 aromatic carbocycles. The molecule has 1 heterocycles. The van der Waals surface area contributed by atoms with Crippen molar-refractivity contribution in [2.45, 2.75) is 19.9 Å². The zero-order valence-electron chi connectivity index (χ0n) is 9.56. The molecule has 0 aliphatic heterocycles. The molecule has 0 aliphatic carbocycles. The second-order valence-corrected chi connectivity index (χ2v) is 3.88. The Balaban J connectivity index is 2.27. The quantitative estimate of drug-likeness (QED) is 0.849. The summed E-state index contributed by atoms with van der Waals surface area (Å²) in [6.07, 6.45) is 2.89. The van der Waals surface area contributed by atoms with Crippen LogP contribution in [0.25, 0.3) is 11.3 Å². The topological polar surface area (TPSA) is 43.8 Å². The normalized spacial score (nSPS) is 10.6. The molecule has 3 heteroatoms. The number of imidazole rings is 1. The molecule has 2 aromatic rings. The van der Waals surface area contributed by atoms with Gasteiger partial charge in [0.25, 0.3) is 0 Å². The van der Waals surface area contributed by atoms with E-state index in [1.807, 2.05) is 24.5 Å². The molecular weight excluding hydrogens is 198 g/mol. The Labute approximate surface area is 95.9 Å². The maximum Gasteiger partial charge on any atom is 0.0955 e. The van der Waals surface area contributed by atoms with E-state index in [1.54, 1.807) is 0 Å². The first-order valence-corrected chi connectivity index (χ1v) is 5.60. The van der Waals surface area contributed by atoms with Gasteiger partial charge >= 0.3 is 0 Å². The highest BCUT2D eigenvalue weighted by Crippen LogP contribution is 2.20. The van der Waals surface area contributed by atoms with Crippen LogP contribution in [0.5, 0.6) is 0 Å². The van der Waals surface area contributed by atoms with Crippen molar-refractivity contribution in [1.82, 2.24) is 9.55 Å². The minimum absolute atomic E-state index is 0.721. The highest BCUT2D eigenvalue weighted by Gasteiger charge is 2.07. The fourth-order valence-electron chi connectivity index (χ4n) is 1.81. The van der Waals surface area contributed by atoms with Crippen molar-refractivity contribution in [3.63, 3.8) is 0 Å². The molecule has 0 bridgehead atoms. The molecule has 84 valence electrons. The number of nitrogens with zero attached hydrogens (tertiary/aromatic N) is 2. The fraction of sp³-hybridized carbons (Fsp3) is 0.308. The summed E-state index contributed by atoms with van der Waals surface area (Å²) >= 11 is 0. The first kappa shape index (κ1) is 10.9. The van der Waals surface area contributed by atoms with Gasteiger partial charge in [-0.2, -0.15) is 0 Å². The highest BCUT2D eigenvalue weighted by molar-refractivity contribution is 5.61. The minimum Gasteiger partial charge on any atom is -0.334 e. The third-order valence-corrected chi connectivity index (χ3v) is 2.75. The Morgan fingerprint density at radius 3 is 2.69 bits per heavy atom. The summed E-state index contributed by atoms with van der Waals surface area (Å²) in [7, 11) is 0. The average Bonchev–Trinajstić information content (AvgIpc) is 2.69. The Kier molecular flexibility index (Phi) is 3.37. The van der Waals surface area contributed by atoms with Crippen molar-refractivity contribution in [3.05, 3.63) is 42.4 Å². The van der Waals surface area contributed by atoms with Gasteiger partial charge < -0.3 is 10.3 Å². The first-order valence-electron chi connectivity index (χ1n) is 5.60. The van der Waals surface area contributed by atoms with Crippen LogP contribution in [0.4, 0.5) is 0 Å². The van der Waals surface area contributed by atoms with Gasteiger partial charge in [0.2, 0.25) is 0 Å². The third kappa shape index (κ3) is 2.14. The van der Waals surface area contributed by atoms with Gasteiger partial charge in [0.15, 0.2) is 0 Å². The molecule has 0 saturated heterocycles. The highest BCUT2D eigenvalue weighted by atomic mass is 15.1. The van der Waals surface area contributed by atoms with Gasteiger partial charge in [-0.1, -0.05) is 30.3 Å². The number of nitrogens with two attached hydrogens (primary N) is 1. The number of benzene rings is 1. The van der Waals surface area contributed by atoms with E-state index in [9.17, 15) is 0 Å². The largest absolute Gasteiger partial charge is 0.334 e. The van der Waals surface area contributed by atoms with Gasteiger partial charge in [-0.25, -0.2) is 4.98 Å². The van der Waals surface area contributed by atoms with E-state index < -0.39 is 0 Å². The molecule has 0 atom stereocenters. The maximum atomic E-state index is 5.51. The molecule has 3 nitrogen and oxygen atoms in total. The predicted octanol–water partition coefficient (Wildman–Crippen LogP) is 2.21. The number of aromatic nitrogens is 2. The molecule has 0 spiro atoms. The van der Waals surface area contributed by atoms with Crippen LogP contribution < -0.4 is 5.73 Å². The van der Waals surface area contributed by atoms with Crippen LogP contribution in [0.3, 0.4) is 0 Å². The summed E-state index contributed by atoms with van der Waals surface area (Å²) in [6.45, 7) is 3.77. The average molecular weight is 215 g/mol. The predicted molar refractivity (Wildman–Crippen MR) is 66.1 cm³/mol. The van der Waals surface area contributed by atoms with Crippen LogP contribution in [-0.4, -0.2) is 16.1 Å². The second kappa shape index (κ2) is 4.94. The van der Waals surface area contributed by atoms with Gasteiger partial charge in [-0.05, 0) is 19.9 Å². The van der Waals surface area contributed by atoms with Crippen molar-refractivity contribution in [2.75, 3.05) is 6.54 Å². The Hall–Kier alpha value is -1.61. The van der Waals surface area contributed by atoms with Crippen molar-refractivity contribution < 1.29 is 0 Å². The summed E-state index contributed by atoms with van der Waals surface area (Å²) in [5.41, 5.74) is 8.96. The lowest BCUT2D eigenvalue weighted by atomic mass is 10.1. The Morgan fingerprint density at radius 2 is 2.00 bits per heavy atom. The van der Waals surface area contributed by atoms with E-state index in [1.165, 1.54) is 11.3 Å².